The van der Waals surface area contributed by atoms with E-state index in [0.29, 0.717) is 23.7 Å². The van der Waals surface area contributed by atoms with Gasteiger partial charge in [-0.2, -0.15) is 15.8 Å². The van der Waals surface area contributed by atoms with Crippen LogP contribution in [-0.4, -0.2) is 46.5 Å². The molecule has 1 radical (unpaired) electrons. The van der Waals surface area contributed by atoms with Gasteiger partial charge < -0.3 is 23.5 Å². The van der Waals surface area contributed by atoms with E-state index in [0.717, 1.165) is 28.4 Å². The van der Waals surface area contributed by atoms with Crippen LogP contribution in [0.5, 0.6) is 11.5 Å². The Labute approximate surface area is 285 Å². The molecule has 0 N–H and O–H groups in total. The van der Waals surface area contributed by atoms with Crippen LogP contribution >= 0.6 is 11.3 Å². The first-order valence-electron chi connectivity index (χ1n) is 15.8. The summed E-state index contributed by atoms with van der Waals surface area (Å²) in [4.78, 5) is 4.03. The molecule has 1 aromatic carbocycles. The van der Waals surface area contributed by atoms with Crippen LogP contribution in [0.3, 0.4) is 0 Å². The molecule has 0 spiro atoms. The van der Waals surface area contributed by atoms with Gasteiger partial charge >= 0.3 is 0 Å². The molecule has 3 heterocycles. The number of thiophene rings is 1. The fourth-order valence-electron chi connectivity index (χ4n) is 5.67. The number of nitrogens with zero attached hydrogens (tertiary/aromatic N) is 4. The zero-order chi connectivity index (χ0) is 34.5. The van der Waals surface area contributed by atoms with E-state index < -0.39 is 14.6 Å². The molecule has 0 aliphatic carbocycles. The van der Waals surface area contributed by atoms with Crippen molar-refractivity contribution in [2.75, 3.05) is 24.6 Å². The number of fused-ring (bicyclic) bond motifs is 1. The standard InChI is InChI=1S/C37H43N4O4SSi/c1-10-41(11-2)26-15-12-24(13-16-26)14-18-30-33-34(43-29(23-42-33)35(36(3,4)5)45-47(8)9)31(46-30)19-17-28-27(22-40)32(25(20-38)21-39)44-37(28,6)7/h12-19,29,35H,10-11,23H2,1-9H3/b18-14+,19-17+. The Balaban J connectivity index is 1.78. The van der Waals surface area contributed by atoms with Crippen molar-refractivity contribution in [1.82, 2.24) is 0 Å². The third kappa shape index (κ3) is 7.83. The van der Waals surface area contributed by atoms with E-state index in [1.54, 1.807) is 0 Å². The van der Waals surface area contributed by atoms with Crippen LogP contribution in [0.25, 0.3) is 18.2 Å². The van der Waals surface area contributed by atoms with Crippen LogP contribution in [-0.2, 0) is 9.16 Å². The lowest BCUT2D eigenvalue weighted by atomic mass is 9.86. The third-order valence-corrected chi connectivity index (χ3v) is 9.81. The summed E-state index contributed by atoms with van der Waals surface area (Å²) in [6.45, 7) is 20.9. The molecule has 4 rings (SSSR count). The maximum atomic E-state index is 10.0. The highest BCUT2D eigenvalue weighted by atomic mass is 32.1. The minimum absolute atomic E-state index is 0.00699. The molecule has 1 aromatic heterocycles. The van der Waals surface area contributed by atoms with Crippen LogP contribution in [0.2, 0.25) is 13.1 Å². The van der Waals surface area contributed by atoms with Gasteiger partial charge in [-0.15, -0.1) is 11.3 Å². The highest BCUT2D eigenvalue weighted by molar-refractivity contribution is 7.14. The molecule has 10 heteroatoms. The van der Waals surface area contributed by atoms with Crippen LogP contribution in [0.1, 0.15) is 63.8 Å². The van der Waals surface area contributed by atoms with Gasteiger partial charge in [0.1, 0.15) is 36.0 Å². The molecular formula is C37H43N4O4SSi. The number of ether oxygens (including phenoxy) is 3. The van der Waals surface area contributed by atoms with E-state index >= 15 is 0 Å². The zero-order valence-electron chi connectivity index (χ0n) is 28.7. The smallest absolute Gasteiger partial charge is 0.205 e. The lowest BCUT2D eigenvalue weighted by Gasteiger charge is -2.39. The molecule has 245 valence electrons. The Hall–Kier alpha value is -4.27. The second-order valence-electron chi connectivity index (χ2n) is 13.1. The zero-order valence-corrected chi connectivity index (χ0v) is 30.5. The van der Waals surface area contributed by atoms with Crippen molar-refractivity contribution >= 4 is 44.3 Å². The van der Waals surface area contributed by atoms with E-state index in [2.05, 4.69) is 89.0 Å². The summed E-state index contributed by atoms with van der Waals surface area (Å²) in [6, 6.07) is 14.3. The Kier molecular flexibility index (Phi) is 11.1. The first kappa shape index (κ1) is 35.6. The largest absolute Gasteiger partial charge is 0.484 e. The van der Waals surface area contributed by atoms with Crippen LogP contribution in [0, 0.1) is 39.4 Å². The van der Waals surface area contributed by atoms with Gasteiger partial charge in [-0.3, -0.25) is 0 Å². The van der Waals surface area contributed by atoms with Crippen molar-refractivity contribution in [3.8, 4) is 29.7 Å². The summed E-state index contributed by atoms with van der Waals surface area (Å²) >= 11 is 1.52. The number of hydrogen-bond acceptors (Lipinski definition) is 9. The van der Waals surface area contributed by atoms with Crippen molar-refractivity contribution < 1.29 is 18.6 Å². The molecule has 0 saturated heterocycles. The molecular weight excluding hydrogens is 625 g/mol. The molecule has 0 bridgehead atoms. The van der Waals surface area contributed by atoms with Gasteiger partial charge in [-0.1, -0.05) is 45.1 Å². The SMILES string of the molecule is CCN(CC)c1ccc(/C=C/c2sc(/C=C/C3=C(C#N)C(=C(C#N)C#N)OC3(C)C)c3c2OCC(C(O[Si](C)C)C(C)(C)C)O3)cc1. The van der Waals surface area contributed by atoms with Crippen LogP contribution in [0.15, 0.2) is 52.8 Å². The number of allylic oxidation sites excluding steroid dienone is 2. The summed E-state index contributed by atoms with van der Waals surface area (Å²) in [7, 11) is -1.02. The van der Waals surface area contributed by atoms with Gasteiger partial charge in [0, 0.05) is 24.4 Å². The van der Waals surface area contributed by atoms with Gasteiger partial charge in [0.05, 0.1) is 15.9 Å². The average Bonchev–Trinajstić information content (AvgIpc) is 3.50. The van der Waals surface area contributed by atoms with Gasteiger partial charge in [-0.05, 0) is 76.1 Å². The van der Waals surface area contributed by atoms with Crippen molar-refractivity contribution in [3.05, 3.63) is 68.1 Å². The predicted octanol–water partition coefficient (Wildman–Crippen LogP) is 8.53. The topological polar surface area (TPSA) is 112 Å². The average molecular weight is 668 g/mol. The van der Waals surface area contributed by atoms with E-state index in [4.69, 9.17) is 18.6 Å². The minimum Gasteiger partial charge on any atom is -0.484 e. The lowest BCUT2D eigenvalue weighted by molar-refractivity contribution is -0.0470. The van der Waals surface area contributed by atoms with Crippen LogP contribution < -0.4 is 14.4 Å². The van der Waals surface area contributed by atoms with Gasteiger partial charge in [0.2, 0.25) is 9.04 Å². The first-order chi connectivity index (χ1) is 22.3. The summed E-state index contributed by atoms with van der Waals surface area (Å²) in [5.74, 6) is 1.30. The Morgan fingerprint density at radius 3 is 2.19 bits per heavy atom. The normalized spacial score (nSPS) is 17.9. The summed E-state index contributed by atoms with van der Waals surface area (Å²) in [5, 5.41) is 29.0. The number of anilines is 1. The fourth-order valence-corrected chi connectivity index (χ4v) is 7.67. The summed E-state index contributed by atoms with van der Waals surface area (Å²) in [5.41, 5.74) is 1.64. The number of hydrogen-bond donors (Lipinski definition) is 0. The summed E-state index contributed by atoms with van der Waals surface area (Å²) in [6.07, 6.45) is 7.32. The first-order valence-corrected chi connectivity index (χ1v) is 19.0. The third-order valence-electron chi connectivity index (χ3n) is 8.00. The second-order valence-corrected chi connectivity index (χ2v) is 16.3. The van der Waals surface area contributed by atoms with E-state index in [-0.39, 0.29) is 34.5 Å². The molecule has 2 aliphatic rings. The molecule has 2 atom stereocenters. The number of benzene rings is 1. The fraction of sp³-hybridized carbons (Fsp3) is 0.432. The van der Waals surface area contributed by atoms with Gasteiger partial charge in [0.25, 0.3) is 0 Å². The van der Waals surface area contributed by atoms with Crippen molar-refractivity contribution in [1.29, 1.82) is 15.8 Å². The molecule has 8 nitrogen and oxygen atoms in total. The Morgan fingerprint density at radius 1 is 1.02 bits per heavy atom. The van der Waals surface area contributed by atoms with E-state index in [9.17, 15) is 15.8 Å². The molecule has 0 saturated carbocycles. The van der Waals surface area contributed by atoms with Crippen molar-refractivity contribution in [2.24, 2.45) is 5.41 Å². The second kappa shape index (κ2) is 14.7. The number of rotatable bonds is 10. The van der Waals surface area contributed by atoms with E-state index in [1.165, 1.54) is 17.0 Å². The number of nitriles is 3. The highest BCUT2D eigenvalue weighted by Gasteiger charge is 2.41. The Bertz CT molecular complexity index is 1700. The van der Waals surface area contributed by atoms with Gasteiger partial charge in [0.15, 0.2) is 28.9 Å². The maximum Gasteiger partial charge on any atom is 0.205 e. The molecule has 2 aromatic rings. The molecule has 2 unspecified atom stereocenters. The Morgan fingerprint density at radius 2 is 1.64 bits per heavy atom. The van der Waals surface area contributed by atoms with Crippen molar-refractivity contribution in [3.63, 3.8) is 0 Å². The molecule has 0 amide bonds. The predicted molar refractivity (Wildman–Crippen MR) is 190 cm³/mol. The highest BCUT2D eigenvalue weighted by Crippen LogP contribution is 2.49. The summed E-state index contributed by atoms with van der Waals surface area (Å²) < 4.78 is 25.6. The van der Waals surface area contributed by atoms with E-state index in [1.807, 2.05) is 44.2 Å². The monoisotopic (exact) mass is 667 g/mol. The maximum absolute atomic E-state index is 10.0. The minimum atomic E-state index is -1.02. The van der Waals surface area contributed by atoms with Crippen molar-refractivity contribution in [2.45, 2.75) is 79.4 Å². The lowest BCUT2D eigenvalue weighted by Crippen LogP contribution is -2.49. The van der Waals surface area contributed by atoms with Gasteiger partial charge in [-0.25, -0.2) is 0 Å². The molecule has 0 fully saturated rings. The molecule has 2 aliphatic heterocycles. The quantitative estimate of drug-likeness (QED) is 0.183. The molecule has 47 heavy (non-hydrogen) atoms. The van der Waals surface area contributed by atoms with Crippen LogP contribution in [0.4, 0.5) is 5.69 Å².